The minimum atomic E-state index is -0.242. The van der Waals surface area contributed by atoms with Gasteiger partial charge in [0.1, 0.15) is 0 Å². The zero-order valence-electron chi connectivity index (χ0n) is 11.7. The minimum Gasteiger partial charge on any atom is -0.261 e. The monoisotopic (exact) mass is 342 g/mol. The molecule has 1 aliphatic heterocycles. The number of hydrogen-bond acceptors (Lipinski definition) is 3. The highest BCUT2D eigenvalue weighted by Gasteiger charge is 2.36. The molecule has 0 spiro atoms. The lowest BCUT2D eigenvalue weighted by Crippen LogP contribution is -2.25. The maximum Gasteiger partial charge on any atom is 0.151 e. The van der Waals surface area contributed by atoms with Gasteiger partial charge in [0, 0.05) is 21.7 Å². The molecule has 1 aliphatic rings. The Morgan fingerprint density at radius 1 is 1.33 bits per heavy atom. The summed E-state index contributed by atoms with van der Waals surface area (Å²) in [4.78, 5) is 4.61. The number of benzene rings is 1. The molecule has 2 heterocycles. The van der Waals surface area contributed by atoms with Gasteiger partial charge in [0.05, 0.1) is 18.2 Å². The fraction of sp³-hybridized carbons (Fsp3) is 0.312. The maximum atomic E-state index is 9.70. The quantitative estimate of drug-likeness (QED) is 0.901. The van der Waals surface area contributed by atoms with Gasteiger partial charge in [0.2, 0.25) is 0 Å². The van der Waals surface area contributed by atoms with Gasteiger partial charge in [0.25, 0.3) is 0 Å². The average molecular weight is 343 g/mol. The van der Waals surface area contributed by atoms with E-state index in [1.54, 1.807) is 6.20 Å². The number of nitrogens with zero attached hydrogens (tertiary/aromatic N) is 3. The first kappa shape index (κ1) is 14.0. The van der Waals surface area contributed by atoms with Gasteiger partial charge in [-0.2, -0.15) is 10.4 Å². The molecule has 0 amide bonds. The third-order valence-electron chi connectivity index (χ3n) is 3.82. The van der Waals surface area contributed by atoms with E-state index in [0.717, 1.165) is 40.0 Å². The Morgan fingerprint density at radius 2 is 2.14 bits per heavy atom. The number of hydrogen-bond donors (Lipinski definition) is 1. The van der Waals surface area contributed by atoms with E-state index in [1.165, 1.54) is 0 Å². The van der Waals surface area contributed by atoms with Gasteiger partial charge >= 0.3 is 0 Å². The van der Waals surface area contributed by atoms with Gasteiger partial charge in [-0.05, 0) is 18.1 Å². The molecule has 0 bridgehead atoms. The van der Waals surface area contributed by atoms with Crippen molar-refractivity contribution in [1.82, 2.24) is 10.2 Å². The molecule has 106 valence electrons. The third-order valence-corrected chi connectivity index (χ3v) is 4.54. The lowest BCUT2D eigenvalue weighted by molar-refractivity contribution is 0.697. The Hall–Kier alpha value is -1.93. The van der Waals surface area contributed by atoms with Crippen molar-refractivity contribution in [3.63, 3.8) is 0 Å². The van der Waals surface area contributed by atoms with E-state index in [2.05, 4.69) is 50.2 Å². The van der Waals surface area contributed by atoms with Crippen molar-refractivity contribution in [2.75, 3.05) is 0 Å². The molecule has 0 fully saturated rings. The van der Waals surface area contributed by atoms with Crippen LogP contribution in [0.1, 0.15) is 36.8 Å². The maximum absolute atomic E-state index is 9.70. The van der Waals surface area contributed by atoms with Crippen LogP contribution in [0.4, 0.5) is 5.82 Å². The van der Waals surface area contributed by atoms with Crippen LogP contribution in [0.3, 0.4) is 0 Å². The SMILES string of the molecule is CCCC1=Nc2[nH]ncc2C(c2ccccc2Br)C1C#N. The summed E-state index contributed by atoms with van der Waals surface area (Å²) in [6.45, 7) is 2.10. The van der Waals surface area contributed by atoms with E-state index in [0.29, 0.717) is 0 Å². The van der Waals surface area contributed by atoms with Crippen LogP contribution < -0.4 is 0 Å². The molecule has 1 N–H and O–H groups in total. The second-order valence-electron chi connectivity index (χ2n) is 5.13. The standard InChI is InChI=1S/C16H15BrN4/c1-2-5-14-11(8-18)15(10-6-3-4-7-13(10)17)12-9-19-21-16(12)20-14/h3-4,6-7,9,11,15H,2,5H2,1H3,(H,19,21). The number of nitriles is 1. The molecule has 1 aromatic carbocycles. The van der Waals surface area contributed by atoms with Gasteiger partial charge in [-0.3, -0.25) is 5.10 Å². The van der Waals surface area contributed by atoms with Crippen LogP contribution in [0.25, 0.3) is 0 Å². The van der Waals surface area contributed by atoms with Crippen LogP contribution in [0.5, 0.6) is 0 Å². The Kier molecular flexibility index (Phi) is 3.89. The molecule has 2 aromatic rings. The summed E-state index contributed by atoms with van der Waals surface area (Å²) in [5.74, 6) is 0.512. The first-order valence-electron chi connectivity index (χ1n) is 7.01. The predicted molar refractivity (Wildman–Crippen MR) is 85.7 cm³/mol. The lowest BCUT2D eigenvalue weighted by Gasteiger charge is -2.28. The van der Waals surface area contributed by atoms with E-state index in [9.17, 15) is 5.26 Å². The van der Waals surface area contributed by atoms with Crippen LogP contribution in [0.2, 0.25) is 0 Å². The molecule has 5 heteroatoms. The highest BCUT2D eigenvalue weighted by molar-refractivity contribution is 9.10. The summed E-state index contributed by atoms with van der Waals surface area (Å²) in [7, 11) is 0. The van der Waals surface area contributed by atoms with Gasteiger partial charge < -0.3 is 0 Å². The van der Waals surface area contributed by atoms with Gasteiger partial charge in [-0.15, -0.1) is 0 Å². The summed E-state index contributed by atoms with van der Waals surface area (Å²) in [6, 6.07) is 10.5. The van der Waals surface area contributed by atoms with Crippen molar-refractivity contribution >= 4 is 27.5 Å². The Morgan fingerprint density at radius 3 is 2.86 bits per heavy atom. The van der Waals surface area contributed by atoms with E-state index < -0.39 is 0 Å². The number of H-pyrrole nitrogens is 1. The predicted octanol–water partition coefficient (Wildman–Crippen LogP) is 4.33. The number of aliphatic imine (C=N–C) groups is 1. The van der Waals surface area contributed by atoms with E-state index in [-0.39, 0.29) is 11.8 Å². The molecule has 3 rings (SSSR count). The van der Waals surface area contributed by atoms with Crippen LogP contribution in [-0.2, 0) is 0 Å². The number of nitrogens with one attached hydrogen (secondary N) is 1. The second kappa shape index (κ2) is 5.82. The summed E-state index contributed by atoms with van der Waals surface area (Å²) < 4.78 is 1.01. The fourth-order valence-corrected chi connectivity index (χ4v) is 3.41. The molecule has 0 saturated heterocycles. The third kappa shape index (κ3) is 2.40. The molecule has 2 atom stereocenters. The smallest absolute Gasteiger partial charge is 0.151 e. The first-order chi connectivity index (χ1) is 10.3. The van der Waals surface area contributed by atoms with Crippen molar-refractivity contribution < 1.29 is 0 Å². The van der Waals surface area contributed by atoms with Gasteiger partial charge in [-0.25, -0.2) is 4.99 Å². The Balaban J connectivity index is 2.17. The van der Waals surface area contributed by atoms with E-state index in [1.807, 2.05) is 18.2 Å². The summed E-state index contributed by atoms with van der Waals surface area (Å²) in [5.41, 5.74) is 3.04. The van der Waals surface area contributed by atoms with Crippen molar-refractivity contribution in [2.24, 2.45) is 10.9 Å². The number of aromatic amines is 1. The molecule has 21 heavy (non-hydrogen) atoms. The molecule has 4 nitrogen and oxygen atoms in total. The van der Waals surface area contributed by atoms with Crippen molar-refractivity contribution in [1.29, 1.82) is 5.26 Å². The second-order valence-corrected chi connectivity index (χ2v) is 5.99. The number of aromatic nitrogens is 2. The fourth-order valence-electron chi connectivity index (χ4n) is 2.88. The Labute approximate surface area is 132 Å². The molecular formula is C16H15BrN4. The van der Waals surface area contributed by atoms with Crippen LogP contribution >= 0.6 is 15.9 Å². The number of fused-ring (bicyclic) bond motifs is 1. The zero-order valence-corrected chi connectivity index (χ0v) is 13.3. The van der Waals surface area contributed by atoms with Crippen molar-refractivity contribution in [3.8, 4) is 6.07 Å². The summed E-state index contributed by atoms with van der Waals surface area (Å²) >= 11 is 3.61. The molecule has 0 saturated carbocycles. The highest BCUT2D eigenvalue weighted by Crippen LogP contribution is 2.43. The van der Waals surface area contributed by atoms with E-state index >= 15 is 0 Å². The number of halogens is 1. The largest absolute Gasteiger partial charge is 0.261 e. The van der Waals surface area contributed by atoms with Crippen LogP contribution in [0, 0.1) is 17.2 Å². The molecule has 2 unspecified atom stereocenters. The molecule has 0 aliphatic carbocycles. The van der Waals surface area contributed by atoms with Gasteiger partial charge in [0.15, 0.2) is 5.82 Å². The van der Waals surface area contributed by atoms with Crippen LogP contribution in [-0.4, -0.2) is 15.9 Å². The van der Waals surface area contributed by atoms with E-state index in [4.69, 9.17) is 0 Å². The Bertz CT molecular complexity index is 726. The zero-order chi connectivity index (χ0) is 14.8. The molecular weight excluding hydrogens is 328 g/mol. The van der Waals surface area contributed by atoms with Crippen LogP contribution in [0.15, 0.2) is 39.9 Å². The number of rotatable bonds is 3. The van der Waals surface area contributed by atoms with Crippen molar-refractivity contribution in [2.45, 2.75) is 25.7 Å². The summed E-state index contributed by atoms with van der Waals surface area (Å²) in [5, 5.41) is 16.8. The molecule has 0 radical (unpaired) electrons. The highest BCUT2D eigenvalue weighted by atomic mass is 79.9. The summed E-state index contributed by atoms with van der Waals surface area (Å²) in [6.07, 6.45) is 3.59. The lowest BCUT2D eigenvalue weighted by atomic mass is 9.77. The topological polar surface area (TPSA) is 64.8 Å². The van der Waals surface area contributed by atoms with Gasteiger partial charge in [-0.1, -0.05) is 47.5 Å². The van der Waals surface area contributed by atoms with Crippen molar-refractivity contribution in [3.05, 3.63) is 46.1 Å². The molecule has 1 aromatic heterocycles. The normalized spacial score (nSPS) is 20.5. The first-order valence-corrected chi connectivity index (χ1v) is 7.80. The average Bonchev–Trinajstić information content (AvgIpc) is 2.95. The minimum absolute atomic E-state index is 0.0293.